The van der Waals surface area contributed by atoms with Gasteiger partial charge in [0.2, 0.25) is 0 Å². The number of Topliss-reactive ketones (excluding diaryl/α,β-unsaturated/α-hetero) is 1. The van der Waals surface area contributed by atoms with Gasteiger partial charge in [-0.1, -0.05) is 35.9 Å². The second kappa shape index (κ2) is 7.98. The van der Waals surface area contributed by atoms with Crippen LogP contribution in [0, 0.1) is 6.92 Å². The summed E-state index contributed by atoms with van der Waals surface area (Å²) in [7, 11) is 0. The second-order valence-corrected chi connectivity index (χ2v) is 7.70. The van der Waals surface area contributed by atoms with Crippen LogP contribution in [0.2, 0.25) is 0 Å². The third-order valence-corrected chi connectivity index (χ3v) is 5.31. The number of carbonyl (C=O) groups excluding carboxylic acids is 1. The molecule has 3 rings (SSSR count). The maximum absolute atomic E-state index is 14.9. The average molecular weight is 427 g/mol. The van der Waals surface area contributed by atoms with Crippen molar-refractivity contribution in [1.29, 1.82) is 0 Å². The van der Waals surface area contributed by atoms with E-state index in [-0.39, 0.29) is 29.9 Å². The first-order valence-corrected chi connectivity index (χ1v) is 9.51. The number of halogens is 5. The predicted molar refractivity (Wildman–Crippen MR) is 102 cm³/mol. The number of carbonyl (C=O) groups is 1. The maximum Gasteiger partial charge on any atom is 0.389 e. The van der Waals surface area contributed by atoms with E-state index in [9.17, 15) is 26.7 Å². The zero-order valence-electron chi connectivity index (χ0n) is 16.4. The van der Waals surface area contributed by atoms with E-state index in [2.05, 4.69) is 0 Å². The van der Waals surface area contributed by atoms with Crippen molar-refractivity contribution in [1.82, 2.24) is 0 Å². The number of fused-ring (bicyclic) bond motifs is 1. The number of ether oxygens (including phenoxy) is 1. The van der Waals surface area contributed by atoms with Gasteiger partial charge in [-0.25, -0.2) is 8.78 Å². The molecule has 0 fully saturated rings. The Morgan fingerprint density at radius 1 is 1.13 bits per heavy atom. The fourth-order valence-corrected chi connectivity index (χ4v) is 3.62. The number of aryl methyl sites for hydroxylation is 1. The molecule has 0 saturated heterocycles. The monoisotopic (exact) mass is 427 g/mol. The first-order chi connectivity index (χ1) is 13.9. The Morgan fingerprint density at radius 3 is 2.43 bits per heavy atom. The summed E-state index contributed by atoms with van der Waals surface area (Å²) < 4.78 is 71.6. The molecule has 8 heteroatoms. The molecular formula is C22H22F5NO2. The molecule has 2 aromatic carbocycles. The zero-order chi connectivity index (χ0) is 22.2. The van der Waals surface area contributed by atoms with Gasteiger partial charge in [0.15, 0.2) is 5.78 Å². The summed E-state index contributed by atoms with van der Waals surface area (Å²) in [6, 6.07) is 10.7. The van der Waals surface area contributed by atoms with Gasteiger partial charge in [-0.2, -0.15) is 13.2 Å². The number of benzene rings is 2. The SMILES string of the molecule is Cc1ccc(C(=O)C[C@@]2(N)c3ccc(OCCCC(F)(F)F)cc3CC2(F)F)cc1. The van der Waals surface area contributed by atoms with Crippen molar-refractivity contribution in [3.05, 3.63) is 64.7 Å². The third-order valence-electron chi connectivity index (χ3n) is 5.31. The van der Waals surface area contributed by atoms with E-state index >= 15 is 0 Å². The largest absolute Gasteiger partial charge is 0.494 e. The molecule has 1 atom stereocenters. The van der Waals surface area contributed by atoms with Gasteiger partial charge in [0.25, 0.3) is 5.92 Å². The lowest BCUT2D eigenvalue weighted by atomic mass is 9.83. The van der Waals surface area contributed by atoms with Gasteiger partial charge in [0.1, 0.15) is 11.3 Å². The Bertz CT molecular complexity index is 924. The summed E-state index contributed by atoms with van der Waals surface area (Å²) in [6.07, 6.45) is -6.72. The van der Waals surface area contributed by atoms with Crippen molar-refractivity contribution in [2.75, 3.05) is 6.61 Å². The van der Waals surface area contributed by atoms with Crippen LogP contribution in [0.3, 0.4) is 0 Å². The van der Waals surface area contributed by atoms with E-state index < -0.39 is 42.7 Å². The second-order valence-electron chi connectivity index (χ2n) is 7.70. The number of hydrogen-bond donors (Lipinski definition) is 1. The van der Waals surface area contributed by atoms with Gasteiger partial charge >= 0.3 is 6.18 Å². The minimum absolute atomic E-state index is 0.149. The highest BCUT2D eigenvalue weighted by atomic mass is 19.4. The Hall–Kier alpha value is -2.48. The molecule has 1 aliphatic rings. The van der Waals surface area contributed by atoms with E-state index in [0.717, 1.165) is 5.56 Å². The summed E-state index contributed by atoms with van der Waals surface area (Å²) in [4.78, 5) is 12.6. The van der Waals surface area contributed by atoms with Gasteiger partial charge in [-0.05, 0) is 36.6 Å². The molecule has 2 aromatic rings. The van der Waals surface area contributed by atoms with E-state index in [1.165, 1.54) is 18.2 Å². The highest BCUT2D eigenvalue weighted by Gasteiger charge is 2.58. The summed E-state index contributed by atoms with van der Waals surface area (Å²) in [5.41, 5.74) is 5.55. The predicted octanol–water partition coefficient (Wildman–Crippen LogP) is 5.33. The number of alkyl halides is 5. The van der Waals surface area contributed by atoms with Crippen LogP contribution in [0.25, 0.3) is 0 Å². The summed E-state index contributed by atoms with van der Waals surface area (Å²) >= 11 is 0. The van der Waals surface area contributed by atoms with Crippen LogP contribution in [0.1, 0.15) is 46.3 Å². The van der Waals surface area contributed by atoms with Gasteiger partial charge < -0.3 is 10.5 Å². The molecule has 0 amide bonds. The maximum atomic E-state index is 14.9. The highest BCUT2D eigenvalue weighted by molar-refractivity contribution is 5.97. The van der Waals surface area contributed by atoms with Crippen LogP contribution >= 0.6 is 0 Å². The lowest BCUT2D eigenvalue weighted by Crippen LogP contribution is -2.51. The number of nitrogens with two attached hydrogens (primary N) is 1. The first-order valence-electron chi connectivity index (χ1n) is 9.51. The average Bonchev–Trinajstić information content (AvgIpc) is 2.83. The summed E-state index contributed by atoms with van der Waals surface area (Å²) in [5, 5.41) is 0. The number of rotatable bonds is 7. The molecule has 0 radical (unpaired) electrons. The summed E-state index contributed by atoms with van der Waals surface area (Å²) in [6.45, 7) is 1.66. The topological polar surface area (TPSA) is 52.3 Å². The van der Waals surface area contributed by atoms with E-state index in [1.807, 2.05) is 6.92 Å². The van der Waals surface area contributed by atoms with Gasteiger partial charge in [0, 0.05) is 24.8 Å². The molecule has 30 heavy (non-hydrogen) atoms. The highest BCUT2D eigenvalue weighted by Crippen LogP contribution is 2.49. The van der Waals surface area contributed by atoms with Crippen LogP contribution in [-0.4, -0.2) is 24.5 Å². The molecule has 3 nitrogen and oxygen atoms in total. The molecule has 0 heterocycles. The minimum atomic E-state index is -4.27. The van der Waals surface area contributed by atoms with Crippen molar-refractivity contribution in [3.8, 4) is 5.75 Å². The first kappa shape index (κ1) is 22.2. The van der Waals surface area contributed by atoms with E-state index in [0.29, 0.717) is 5.56 Å². The molecular weight excluding hydrogens is 405 g/mol. The Morgan fingerprint density at radius 2 is 1.80 bits per heavy atom. The minimum Gasteiger partial charge on any atom is -0.494 e. The molecule has 0 spiro atoms. The molecule has 1 aliphatic carbocycles. The van der Waals surface area contributed by atoms with Crippen LogP contribution in [-0.2, 0) is 12.0 Å². The molecule has 162 valence electrons. The quantitative estimate of drug-likeness (QED) is 0.369. The van der Waals surface area contributed by atoms with Crippen LogP contribution in [0.15, 0.2) is 42.5 Å². The van der Waals surface area contributed by atoms with Gasteiger partial charge in [-0.3, -0.25) is 4.79 Å². The van der Waals surface area contributed by atoms with Crippen molar-refractivity contribution in [2.45, 2.75) is 50.2 Å². The smallest absolute Gasteiger partial charge is 0.389 e. The Labute approximate surface area is 171 Å². The normalized spacial score (nSPS) is 20.1. The molecule has 0 aromatic heterocycles. The van der Waals surface area contributed by atoms with E-state index in [1.54, 1.807) is 24.3 Å². The number of ketones is 1. The lowest BCUT2D eigenvalue weighted by Gasteiger charge is -2.31. The third kappa shape index (κ3) is 4.64. The van der Waals surface area contributed by atoms with Gasteiger partial charge in [-0.15, -0.1) is 0 Å². The lowest BCUT2D eigenvalue weighted by molar-refractivity contribution is -0.136. The molecule has 0 bridgehead atoms. The van der Waals surface area contributed by atoms with Crippen molar-refractivity contribution >= 4 is 5.78 Å². The summed E-state index contributed by atoms with van der Waals surface area (Å²) in [5.74, 6) is -3.65. The van der Waals surface area contributed by atoms with Crippen LogP contribution in [0.5, 0.6) is 5.75 Å². The molecule has 0 unspecified atom stereocenters. The van der Waals surface area contributed by atoms with Crippen molar-refractivity contribution in [3.63, 3.8) is 0 Å². The van der Waals surface area contributed by atoms with Crippen molar-refractivity contribution < 1.29 is 31.5 Å². The fourth-order valence-electron chi connectivity index (χ4n) is 3.62. The molecule has 2 N–H and O–H groups in total. The van der Waals surface area contributed by atoms with Gasteiger partial charge in [0.05, 0.1) is 6.61 Å². The zero-order valence-corrected chi connectivity index (χ0v) is 16.4. The molecule has 0 aliphatic heterocycles. The fraction of sp³-hybridized carbons (Fsp3) is 0.409. The Balaban J connectivity index is 1.76. The van der Waals surface area contributed by atoms with Crippen molar-refractivity contribution in [2.24, 2.45) is 5.73 Å². The number of hydrogen-bond acceptors (Lipinski definition) is 3. The van der Waals surface area contributed by atoms with Crippen LogP contribution in [0.4, 0.5) is 22.0 Å². The van der Waals surface area contributed by atoms with E-state index in [4.69, 9.17) is 10.5 Å². The molecule has 0 saturated carbocycles. The van der Waals surface area contributed by atoms with Crippen LogP contribution < -0.4 is 10.5 Å². The Kier molecular flexibility index (Phi) is 5.91. The standard InChI is InChI=1S/C22H22F5NO2/c1-14-3-5-15(6-4-14)19(29)13-20(28)18-8-7-17(11-16(18)12-21(20,23)24)30-10-2-9-22(25,26)27/h3-8,11H,2,9-10,12-13,28H2,1H3/t20-/m1/s1.